The summed E-state index contributed by atoms with van der Waals surface area (Å²) in [5, 5.41) is 18.4. The molecule has 0 aliphatic carbocycles. The van der Waals surface area contributed by atoms with Gasteiger partial charge in [-0.2, -0.15) is 0 Å². The van der Waals surface area contributed by atoms with Gasteiger partial charge in [0.15, 0.2) is 0 Å². The van der Waals surface area contributed by atoms with Crippen LogP contribution in [-0.2, 0) is 17.9 Å². The monoisotopic (exact) mass is 507 g/mol. The first-order valence-electron chi connectivity index (χ1n) is 11.3. The minimum atomic E-state index is -0.660. The molecule has 0 radical (unpaired) electrons. The van der Waals surface area contributed by atoms with E-state index >= 15 is 0 Å². The quantitative estimate of drug-likeness (QED) is 0.252. The number of hydroxylamine groups is 1. The third-order valence-electron chi connectivity index (χ3n) is 5.97. The molecule has 0 spiro atoms. The molecule has 1 fully saturated rings. The number of benzene rings is 1. The Hall–Kier alpha value is -3.71. The number of aromatic nitrogens is 4. The van der Waals surface area contributed by atoms with Crippen molar-refractivity contribution in [2.24, 2.45) is 0 Å². The molecule has 1 unspecified atom stereocenters. The lowest BCUT2D eigenvalue weighted by Gasteiger charge is -2.33. The average molecular weight is 508 g/mol. The molecule has 0 bridgehead atoms. The highest BCUT2D eigenvalue weighted by Gasteiger charge is 2.25. The summed E-state index contributed by atoms with van der Waals surface area (Å²) in [6.45, 7) is 2.36. The predicted molar refractivity (Wildman–Crippen MR) is 134 cm³/mol. The fourth-order valence-electron chi connectivity index (χ4n) is 4.13. The van der Waals surface area contributed by atoms with Gasteiger partial charge in [-0.1, -0.05) is 24.3 Å². The molecule has 12 heteroatoms. The third kappa shape index (κ3) is 4.97. The Morgan fingerprint density at radius 1 is 1.25 bits per heavy atom. The normalized spacial score (nSPS) is 15.8. The Labute approximate surface area is 211 Å². The molecule has 1 amide bonds. The SMILES string of the molecule is CN(Cc1cc2nc(N3CCOC(c4ccccc4CO)C3)ncc2s1)c1ncc(C(=O)NO)cn1. The second kappa shape index (κ2) is 10.5. The number of carbonyl (C=O) groups is 1. The smallest absolute Gasteiger partial charge is 0.277 e. The molecular formula is C24H25N7O4S. The van der Waals surface area contributed by atoms with Crippen molar-refractivity contribution in [2.45, 2.75) is 19.3 Å². The first kappa shape index (κ1) is 24.0. The van der Waals surface area contributed by atoms with Crippen LogP contribution in [0.15, 0.2) is 48.9 Å². The Kier molecular flexibility index (Phi) is 7.00. The number of hydrogen-bond donors (Lipinski definition) is 3. The number of thiophene rings is 1. The molecule has 4 heterocycles. The van der Waals surface area contributed by atoms with Crippen LogP contribution < -0.4 is 15.3 Å². The van der Waals surface area contributed by atoms with Crippen LogP contribution in [0.3, 0.4) is 0 Å². The van der Waals surface area contributed by atoms with E-state index in [0.717, 1.165) is 26.2 Å². The summed E-state index contributed by atoms with van der Waals surface area (Å²) in [5.74, 6) is 0.444. The molecule has 3 N–H and O–H groups in total. The van der Waals surface area contributed by atoms with Gasteiger partial charge in [0.2, 0.25) is 11.9 Å². The third-order valence-corrected chi connectivity index (χ3v) is 7.01. The second-order valence-electron chi connectivity index (χ2n) is 8.36. The van der Waals surface area contributed by atoms with Crippen molar-refractivity contribution in [3.8, 4) is 0 Å². The lowest BCUT2D eigenvalue weighted by molar-refractivity contribution is 0.0379. The molecule has 36 heavy (non-hydrogen) atoms. The average Bonchev–Trinajstić information content (AvgIpc) is 3.34. The Morgan fingerprint density at radius 2 is 2.06 bits per heavy atom. The van der Waals surface area contributed by atoms with Gasteiger partial charge >= 0.3 is 0 Å². The van der Waals surface area contributed by atoms with Gasteiger partial charge in [-0.05, 0) is 17.2 Å². The first-order chi connectivity index (χ1) is 17.6. The van der Waals surface area contributed by atoms with E-state index in [2.05, 4.69) is 19.9 Å². The first-order valence-corrected chi connectivity index (χ1v) is 12.2. The summed E-state index contributed by atoms with van der Waals surface area (Å²) in [5.41, 5.74) is 4.45. The van der Waals surface area contributed by atoms with Crippen LogP contribution in [0.25, 0.3) is 10.2 Å². The zero-order valence-corrected chi connectivity index (χ0v) is 20.4. The molecule has 5 rings (SSSR count). The second-order valence-corrected chi connectivity index (χ2v) is 9.53. The molecule has 11 nitrogen and oxygen atoms in total. The lowest BCUT2D eigenvalue weighted by atomic mass is 10.0. The van der Waals surface area contributed by atoms with Gasteiger partial charge in [-0.25, -0.2) is 25.4 Å². The number of anilines is 2. The summed E-state index contributed by atoms with van der Waals surface area (Å²) in [7, 11) is 1.86. The number of rotatable bonds is 7. The number of nitrogens with one attached hydrogen (secondary N) is 1. The summed E-state index contributed by atoms with van der Waals surface area (Å²) in [4.78, 5) is 34.3. The van der Waals surface area contributed by atoms with Crippen LogP contribution in [0.5, 0.6) is 0 Å². The van der Waals surface area contributed by atoms with E-state index in [1.54, 1.807) is 16.8 Å². The van der Waals surface area contributed by atoms with E-state index in [1.165, 1.54) is 12.4 Å². The Balaban J connectivity index is 1.30. The summed E-state index contributed by atoms with van der Waals surface area (Å²) < 4.78 is 6.98. The highest BCUT2D eigenvalue weighted by atomic mass is 32.1. The number of nitrogens with zero attached hydrogens (tertiary/aromatic N) is 6. The zero-order chi connectivity index (χ0) is 25.1. The van der Waals surface area contributed by atoms with Crippen molar-refractivity contribution in [1.29, 1.82) is 0 Å². The molecule has 1 aliphatic heterocycles. The van der Waals surface area contributed by atoms with Crippen molar-refractivity contribution in [3.05, 3.63) is 70.5 Å². The van der Waals surface area contributed by atoms with Crippen LogP contribution >= 0.6 is 11.3 Å². The number of morpholine rings is 1. The lowest BCUT2D eigenvalue weighted by Crippen LogP contribution is -2.39. The van der Waals surface area contributed by atoms with Crippen LogP contribution in [-0.4, -0.2) is 62.9 Å². The molecule has 3 aromatic heterocycles. The van der Waals surface area contributed by atoms with E-state index in [0.29, 0.717) is 38.1 Å². The molecule has 0 saturated carbocycles. The van der Waals surface area contributed by atoms with Crippen LogP contribution in [0.4, 0.5) is 11.9 Å². The largest absolute Gasteiger partial charge is 0.392 e. The topological polar surface area (TPSA) is 137 Å². The van der Waals surface area contributed by atoms with Crippen LogP contribution in [0, 0.1) is 0 Å². The standard InChI is InChI=1S/C24H25N7O4S/c1-30(23-25-9-16(10-26-23)22(33)29-34)12-17-8-19-21(36-17)11-27-24(28-19)31-6-7-35-20(13-31)18-5-3-2-4-15(18)14-32/h2-5,8-11,20,32,34H,6-7,12-14H2,1H3,(H,29,33). The van der Waals surface area contributed by atoms with Crippen molar-refractivity contribution in [1.82, 2.24) is 25.4 Å². The predicted octanol–water partition coefficient (Wildman–Crippen LogP) is 2.31. The van der Waals surface area contributed by atoms with Crippen molar-refractivity contribution >= 4 is 39.4 Å². The highest BCUT2D eigenvalue weighted by molar-refractivity contribution is 7.19. The number of hydrogen-bond acceptors (Lipinski definition) is 11. The molecule has 4 aromatic rings. The summed E-state index contributed by atoms with van der Waals surface area (Å²) in [6.07, 6.45) is 4.41. The molecule has 1 aliphatic rings. The maximum Gasteiger partial charge on any atom is 0.277 e. The zero-order valence-electron chi connectivity index (χ0n) is 19.5. The molecular weight excluding hydrogens is 482 g/mol. The minimum Gasteiger partial charge on any atom is -0.392 e. The van der Waals surface area contributed by atoms with Gasteiger partial charge in [0.05, 0.1) is 48.3 Å². The molecule has 186 valence electrons. The minimum absolute atomic E-state index is 0.0300. The number of amides is 1. The van der Waals surface area contributed by atoms with Gasteiger partial charge in [-0.15, -0.1) is 11.3 Å². The summed E-state index contributed by atoms with van der Waals surface area (Å²) in [6, 6.07) is 9.80. The van der Waals surface area contributed by atoms with Crippen molar-refractivity contribution in [3.63, 3.8) is 0 Å². The van der Waals surface area contributed by atoms with E-state index in [1.807, 2.05) is 48.5 Å². The fraction of sp³-hybridized carbons (Fsp3) is 0.292. The highest BCUT2D eigenvalue weighted by Crippen LogP contribution is 2.30. The van der Waals surface area contributed by atoms with Gasteiger partial charge in [0.1, 0.15) is 6.10 Å². The summed E-state index contributed by atoms with van der Waals surface area (Å²) >= 11 is 1.60. The van der Waals surface area contributed by atoms with Gasteiger partial charge in [0, 0.05) is 30.9 Å². The van der Waals surface area contributed by atoms with Crippen molar-refractivity contribution < 1.29 is 19.8 Å². The maximum atomic E-state index is 11.5. The van der Waals surface area contributed by atoms with Crippen LogP contribution in [0.2, 0.25) is 0 Å². The van der Waals surface area contributed by atoms with E-state index in [4.69, 9.17) is 14.9 Å². The number of carbonyl (C=O) groups excluding carboxylic acids is 1. The van der Waals surface area contributed by atoms with E-state index in [-0.39, 0.29) is 18.3 Å². The van der Waals surface area contributed by atoms with Gasteiger partial charge < -0.3 is 19.6 Å². The van der Waals surface area contributed by atoms with E-state index < -0.39 is 5.91 Å². The van der Waals surface area contributed by atoms with Crippen molar-refractivity contribution in [2.75, 3.05) is 36.5 Å². The van der Waals surface area contributed by atoms with E-state index in [9.17, 15) is 9.90 Å². The number of fused-ring (bicyclic) bond motifs is 1. The Bertz CT molecular complexity index is 1360. The number of ether oxygens (including phenoxy) is 1. The van der Waals surface area contributed by atoms with Gasteiger partial charge in [0.25, 0.3) is 5.91 Å². The van der Waals surface area contributed by atoms with Crippen LogP contribution in [0.1, 0.15) is 32.5 Å². The maximum absolute atomic E-state index is 11.5. The number of aliphatic hydroxyl groups is 1. The Morgan fingerprint density at radius 3 is 2.83 bits per heavy atom. The fourth-order valence-corrected chi connectivity index (χ4v) is 5.15. The number of aliphatic hydroxyl groups excluding tert-OH is 1. The molecule has 1 atom stereocenters. The molecule has 1 saturated heterocycles. The molecule has 1 aromatic carbocycles. The van der Waals surface area contributed by atoms with Gasteiger partial charge in [-0.3, -0.25) is 10.0 Å².